The van der Waals surface area contributed by atoms with Crippen LogP contribution in [0.5, 0.6) is 0 Å². The Bertz CT molecular complexity index is 510. The summed E-state index contributed by atoms with van der Waals surface area (Å²) in [6.07, 6.45) is 1.66. The van der Waals surface area contributed by atoms with E-state index in [2.05, 4.69) is 32.3 Å². The molecule has 0 aliphatic rings. The van der Waals surface area contributed by atoms with Crippen molar-refractivity contribution in [1.82, 2.24) is 14.9 Å². The number of hydrogen-bond donors (Lipinski definition) is 1. The van der Waals surface area contributed by atoms with Crippen LogP contribution in [0.3, 0.4) is 0 Å². The molecule has 0 fully saturated rings. The smallest absolute Gasteiger partial charge is 0.128 e. The van der Waals surface area contributed by atoms with Gasteiger partial charge in [-0.25, -0.2) is 4.98 Å². The maximum atomic E-state index is 5.92. The van der Waals surface area contributed by atoms with Crippen molar-refractivity contribution in [3.05, 3.63) is 51.5 Å². The first-order valence-corrected chi connectivity index (χ1v) is 6.46. The number of hydrogen-bond acceptors (Lipinski definition) is 2. The van der Waals surface area contributed by atoms with Crippen molar-refractivity contribution in [1.29, 1.82) is 0 Å². The van der Waals surface area contributed by atoms with Crippen LogP contribution in [0.2, 0.25) is 5.15 Å². The average molecular weight is 315 g/mol. The predicted molar refractivity (Wildman–Crippen MR) is 72.9 cm³/mol. The van der Waals surface area contributed by atoms with Crippen molar-refractivity contribution >= 4 is 27.5 Å². The fourth-order valence-corrected chi connectivity index (χ4v) is 2.11. The predicted octanol–water partition coefficient (Wildman–Crippen LogP) is 3.13. The number of nitrogens with zero attached hydrogens (tertiary/aromatic N) is 2. The quantitative estimate of drug-likeness (QED) is 0.939. The molecule has 0 bridgehead atoms. The van der Waals surface area contributed by atoms with Crippen molar-refractivity contribution < 1.29 is 0 Å². The first-order chi connectivity index (χ1) is 8.18. The summed E-state index contributed by atoms with van der Waals surface area (Å²) in [6.45, 7) is 1.50. The van der Waals surface area contributed by atoms with Crippen LogP contribution in [0.1, 0.15) is 11.4 Å². The number of imidazole rings is 1. The van der Waals surface area contributed by atoms with Gasteiger partial charge >= 0.3 is 0 Å². The lowest BCUT2D eigenvalue weighted by molar-refractivity contribution is 0.638. The van der Waals surface area contributed by atoms with Crippen LogP contribution in [0, 0.1) is 0 Å². The zero-order valence-electron chi connectivity index (χ0n) is 9.45. The Morgan fingerprint density at radius 1 is 1.35 bits per heavy atom. The summed E-state index contributed by atoms with van der Waals surface area (Å²) in [4.78, 5) is 4.23. The molecule has 0 aliphatic carbocycles. The third-order valence-electron chi connectivity index (χ3n) is 2.58. The lowest BCUT2D eigenvalue weighted by Crippen LogP contribution is -2.16. The number of halogens is 2. The molecule has 0 spiro atoms. The van der Waals surface area contributed by atoms with Gasteiger partial charge in [0.2, 0.25) is 0 Å². The minimum Gasteiger partial charge on any atom is -0.321 e. The fraction of sp³-hybridized carbons (Fsp3) is 0.250. The molecule has 1 N–H and O–H groups in total. The molecule has 0 unspecified atom stereocenters. The highest BCUT2D eigenvalue weighted by Gasteiger charge is 2.04. The number of benzene rings is 1. The topological polar surface area (TPSA) is 29.9 Å². The van der Waals surface area contributed by atoms with Crippen molar-refractivity contribution in [2.24, 2.45) is 7.05 Å². The standard InChI is InChI=1S/C12H13BrClN3/c1-17-11(14)7-16-12(17)8-15-6-9-4-2-3-5-10(9)13/h2-5,7,15H,6,8H2,1H3. The molecule has 1 heterocycles. The molecular formula is C12H13BrClN3. The molecule has 2 aromatic rings. The van der Waals surface area contributed by atoms with E-state index in [0.29, 0.717) is 11.7 Å². The van der Waals surface area contributed by atoms with Gasteiger partial charge in [-0.05, 0) is 11.6 Å². The molecule has 0 saturated heterocycles. The van der Waals surface area contributed by atoms with E-state index in [1.165, 1.54) is 5.56 Å². The van der Waals surface area contributed by atoms with Crippen LogP contribution in [0.15, 0.2) is 34.9 Å². The number of nitrogens with one attached hydrogen (secondary N) is 1. The molecule has 17 heavy (non-hydrogen) atoms. The molecule has 2 rings (SSSR count). The molecule has 0 saturated carbocycles. The molecule has 0 aliphatic heterocycles. The maximum Gasteiger partial charge on any atom is 0.128 e. The molecule has 1 aromatic carbocycles. The summed E-state index contributed by atoms with van der Waals surface area (Å²) < 4.78 is 2.99. The van der Waals surface area contributed by atoms with E-state index in [0.717, 1.165) is 16.8 Å². The Morgan fingerprint density at radius 3 is 2.76 bits per heavy atom. The second-order valence-corrected chi connectivity index (χ2v) is 4.99. The van der Waals surface area contributed by atoms with Crippen molar-refractivity contribution in [2.75, 3.05) is 0 Å². The van der Waals surface area contributed by atoms with E-state index < -0.39 is 0 Å². The van der Waals surface area contributed by atoms with Gasteiger partial charge in [-0.1, -0.05) is 45.7 Å². The molecule has 3 nitrogen and oxygen atoms in total. The van der Waals surface area contributed by atoms with Gasteiger partial charge in [-0.2, -0.15) is 0 Å². The number of aromatic nitrogens is 2. The maximum absolute atomic E-state index is 5.92. The molecule has 1 aromatic heterocycles. The SMILES string of the molecule is Cn1c(Cl)cnc1CNCc1ccccc1Br. The Morgan fingerprint density at radius 2 is 2.12 bits per heavy atom. The van der Waals surface area contributed by atoms with Crippen LogP contribution in [-0.2, 0) is 20.1 Å². The van der Waals surface area contributed by atoms with E-state index in [1.54, 1.807) is 6.20 Å². The first kappa shape index (κ1) is 12.6. The second-order valence-electron chi connectivity index (χ2n) is 3.75. The van der Waals surface area contributed by atoms with Crippen LogP contribution in [0.4, 0.5) is 0 Å². The van der Waals surface area contributed by atoms with Gasteiger partial charge in [0.25, 0.3) is 0 Å². The van der Waals surface area contributed by atoms with Crippen LogP contribution >= 0.6 is 27.5 Å². The lowest BCUT2D eigenvalue weighted by atomic mass is 10.2. The molecule has 5 heteroatoms. The fourth-order valence-electron chi connectivity index (χ4n) is 1.54. The molecule has 0 amide bonds. The zero-order chi connectivity index (χ0) is 12.3. The van der Waals surface area contributed by atoms with Crippen LogP contribution in [0.25, 0.3) is 0 Å². The highest BCUT2D eigenvalue weighted by molar-refractivity contribution is 9.10. The third-order valence-corrected chi connectivity index (χ3v) is 3.71. The van der Waals surface area contributed by atoms with Crippen molar-refractivity contribution in [2.45, 2.75) is 13.1 Å². The summed E-state index contributed by atoms with van der Waals surface area (Å²) >= 11 is 9.44. The van der Waals surface area contributed by atoms with E-state index in [9.17, 15) is 0 Å². The Hall–Kier alpha value is -0.840. The van der Waals surface area contributed by atoms with Gasteiger partial charge in [0.15, 0.2) is 0 Å². The minimum absolute atomic E-state index is 0.655. The largest absolute Gasteiger partial charge is 0.321 e. The average Bonchev–Trinajstić information content (AvgIpc) is 2.63. The van der Waals surface area contributed by atoms with Gasteiger partial charge in [0.1, 0.15) is 11.0 Å². The summed E-state index contributed by atoms with van der Waals surface area (Å²) in [5.41, 5.74) is 1.23. The Balaban J connectivity index is 1.92. The van der Waals surface area contributed by atoms with E-state index in [-0.39, 0.29) is 0 Å². The van der Waals surface area contributed by atoms with Crippen molar-refractivity contribution in [3.63, 3.8) is 0 Å². The first-order valence-electron chi connectivity index (χ1n) is 5.28. The summed E-state index contributed by atoms with van der Waals surface area (Å²) in [7, 11) is 1.91. The highest BCUT2D eigenvalue weighted by Crippen LogP contribution is 2.15. The normalized spacial score (nSPS) is 10.8. The van der Waals surface area contributed by atoms with Gasteiger partial charge in [-0.3, -0.25) is 0 Å². The monoisotopic (exact) mass is 313 g/mol. The lowest BCUT2D eigenvalue weighted by Gasteiger charge is -2.07. The Kier molecular flexibility index (Phi) is 4.20. The second kappa shape index (κ2) is 5.67. The highest BCUT2D eigenvalue weighted by atomic mass is 79.9. The minimum atomic E-state index is 0.655. The molecule has 0 radical (unpaired) electrons. The van der Waals surface area contributed by atoms with E-state index in [4.69, 9.17) is 11.6 Å². The summed E-state index contributed by atoms with van der Waals surface area (Å²) in [5, 5.41) is 4.00. The zero-order valence-corrected chi connectivity index (χ0v) is 11.8. The van der Waals surface area contributed by atoms with Gasteiger partial charge in [0, 0.05) is 18.1 Å². The summed E-state index contributed by atoms with van der Waals surface area (Å²) in [5.74, 6) is 0.932. The van der Waals surface area contributed by atoms with Gasteiger partial charge < -0.3 is 9.88 Å². The van der Waals surface area contributed by atoms with Gasteiger partial charge in [-0.15, -0.1) is 0 Å². The van der Waals surface area contributed by atoms with E-state index in [1.807, 2.05) is 29.8 Å². The van der Waals surface area contributed by atoms with Crippen LogP contribution in [-0.4, -0.2) is 9.55 Å². The van der Waals surface area contributed by atoms with Gasteiger partial charge in [0.05, 0.1) is 12.7 Å². The molecule has 90 valence electrons. The third kappa shape index (κ3) is 3.09. The molecular weight excluding hydrogens is 302 g/mol. The van der Waals surface area contributed by atoms with E-state index >= 15 is 0 Å². The number of rotatable bonds is 4. The van der Waals surface area contributed by atoms with Crippen LogP contribution < -0.4 is 5.32 Å². The van der Waals surface area contributed by atoms with Crippen molar-refractivity contribution in [3.8, 4) is 0 Å². The summed E-state index contributed by atoms with van der Waals surface area (Å²) in [6, 6.07) is 8.16. The molecule has 0 atom stereocenters. The Labute approximate surface area is 114 Å².